The van der Waals surface area contributed by atoms with Gasteiger partial charge in [0.05, 0.1) is 15.6 Å². The number of rotatable bonds is 2. The van der Waals surface area contributed by atoms with E-state index in [2.05, 4.69) is 0 Å². The van der Waals surface area contributed by atoms with E-state index in [9.17, 15) is 17.6 Å². The average Bonchev–Trinajstić information content (AvgIpc) is 2.08. The van der Waals surface area contributed by atoms with E-state index in [1.165, 1.54) is 0 Å². The Kier molecular flexibility index (Phi) is 3.69. The summed E-state index contributed by atoms with van der Waals surface area (Å²) >= 11 is 10.8. The Labute approximate surface area is 104 Å². The topological polar surface area (TPSA) is 71.4 Å². The van der Waals surface area contributed by atoms with Crippen LogP contribution in [0.5, 0.6) is 0 Å². The van der Waals surface area contributed by atoms with Crippen molar-refractivity contribution in [2.75, 3.05) is 0 Å². The Bertz CT molecular complexity index is 569. The molecule has 0 fully saturated rings. The molecule has 88 valence electrons. The third-order valence-corrected chi connectivity index (χ3v) is 3.94. The number of halogens is 4. The van der Waals surface area contributed by atoms with Gasteiger partial charge in [-0.3, -0.25) is 0 Å². The minimum absolute atomic E-state index is 0.512. The molecule has 0 aromatic heterocycles. The normalized spacial score (nSPS) is 11.5. The molecular formula is C7H2Cl3FO4S. The van der Waals surface area contributed by atoms with Crippen LogP contribution in [0.1, 0.15) is 10.4 Å². The summed E-state index contributed by atoms with van der Waals surface area (Å²) in [6.45, 7) is 0. The van der Waals surface area contributed by atoms with Crippen LogP contribution in [-0.2, 0) is 9.05 Å². The maximum atomic E-state index is 13.1. The Morgan fingerprint density at radius 2 is 1.81 bits per heavy atom. The number of hydrogen-bond acceptors (Lipinski definition) is 3. The minimum Gasteiger partial charge on any atom is -0.478 e. The molecule has 0 spiro atoms. The molecule has 1 rings (SSSR count). The van der Waals surface area contributed by atoms with Crippen LogP contribution in [0.3, 0.4) is 0 Å². The smallest absolute Gasteiger partial charge is 0.337 e. The molecule has 0 heterocycles. The van der Waals surface area contributed by atoms with Gasteiger partial charge in [-0.2, -0.15) is 0 Å². The second kappa shape index (κ2) is 4.37. The second-order valence-electron chi connectivity index (χ2n) is 2.61. The third kappa shape index (κ3) is 2.40. The minimum atomic E-state index is -4.44. The highest BCUT2D eigenvalue weighted by molar-refractivity contribution is 8.14. The standard InChI is InChI=1S/C7H2Cl3FO4S/c8-4-2(7(12)13)1-3(11)5(9)6(4)16(10,14)15/h1H,(H,12,13). The highest BCUT2D eigenvalue weighted by atomic mass is 35.7. The van der Waals surface area contributed by atoms with Crippen LogP contribution >= 0.6 is 33.9 Å². The van der Waals surface area contributed by atoms with E-state index in [0.29, 0.717) is 6.07 Å². The zero-order valence-electron chi connectivity index (χ0n) is 7.17. The van der Waals surface area contributed by atoms with E-state index in [0.717, 1.165) is 0 Å². The zero-order chi connectivity index (χ0) is 12.7. The van der Waals surface area contributed by atoms with Gasteiger partial charge in [-0.25, -0.2) is 17.6 Å². The molecule has 0 aliphatic carbocycles. The first-order valence-electron chi connectivity index (χ1n) is 3.51. The van der Waals surface area contributed by atoms with Crippen molar-refractivity contribution in [1.82, 2.24) is 0 Å². The van der Waals surface area contributed by atoms with Crippen molar-refractivity contribution in [3.63, 3.8) is 0 Å². The van der Waals surface area contributed by atoms with E-state index < -0.39 is 41.3 Å². The lowest BCUT2D eigenvalue weighted by molar-refractivity contribution is 0.0696. The fourth-order valence-electron chi connectivity index (χ4n) is 0.950. The molecule has 0 saturated carbocycles. The van der Waals surface area contributed by atoms with E-state index in [4.69, 9.17) is 39.0 Å². The monoisotopic (exact) mass is 306 g/mol. The molecule has 0 aliphatic heterocycles. The molecule has 1 aromatic carbocycles. The second-order valence-corrected chi connectivity index (χ2v) is 5.86. The van der Waals surface area contributed by atoms with Crippen LogP contribution in [0, 0.1) is 5.82 Å². The number of carboxylic acids is 1. The van der Waals surface area contributed by atoms with Crippen molar-refractivity contribution < 1.29 is 22.7 Å². The maximum absolute atomic E-state index is 13.1. The van der Waals surface area contributed by atoms with Crippen molar-refractivity contribution in [1.29, 1.82) is 0 Å². The summed E-state index contributed by atoms with van der Waals surface area (Å²) in [7, 11) is 0.524. The van der Waals surface area contributed by atoms with Gasteiger partial charge in [0.1, 0.15) is 10.7 Å². The lowest BCUT2D eigenvalue weighted by Gasteiger charge is -2.07. The molecule has 4 nitrogen and oxygen atoms in total. The number of aromatic carboxylic acids is 1. The molecule has 0 amide bonds. The van der Waals surface area contributed by atoms with Crippen LogP contribution in [0.2, 0.25) is 10.0 Å². The number of benzene rings is 1. The van der Waals surface area contributed by atoms with Gasteiger partial charge in [-0.15, -0.1) is 0 Å². The first kappa shape index (κ1) is 13.5. The van der Waals surface area contributed by atoms with Crippen molar-refractivity contribution in [2.24, 2.45) is 0 Å². The van der Waals surface area contributed by atoms with E-state index in [1.54, 1.807) is 0 Å². The van der Waals surface area contributed by atoms with Gasteiger partial charge in [0.15, 0.2) is 0 Å². The van der Waals surface area contributed by atoms with Gasteiger partial charge in [-0.05, 0) is 6.07 Å². The van der Waals surface area contributed by atoms with Crippen LogP contribution in [0.15, 0.2) is 11.0 Å². The van der Waals surface area contributed by atoms with E-state index >= 15 is 0 Å². The first-order chi connectivity index (χ1) is 7.16. The maximum Gasteiger partial charge on any atom is 0.337 e. The van der Waals surface area contributed by atoms with Crippen LogP contribution in [0.4, 0.5) is 4.39 Å². The lowest BCUT2D eigenvalue weighted by atomic mass is 10.2. The average molecular weight is 308 g/mol. The van der Waals surface area contributed by atoms with Crippen molar-refractivity contribution in [2.45, 2.75) is 4.90 Å². The molecule has 1 aromatic rings. The van der Waals surface area contributed by atoms with Gasteiger partial charge in [0.2, 0.25) is 0 Å². The van der Waals surface area contributed by atoms with Crippen molar-refractivity contribution >= 4 is 48.9 Å². The Morgan fingerprint density at radius 3 is 2.19 bits per heavy atom. The summed E-state index contributed by atoms with van der Waals surface area (Å²) in [5.74, 6) is -2.83. The van der Waals surface area contributed by atoms with Gasteiger partial charge >= 0.3 is 5.97 Å². The summed E-state index contributed by atoms with van der Waals surface area (Å²) in [6, 6.07) is 0.512. The SMILES string of the molecule is O=C(O)c1cc(F)c(Cl)c(S(=O)(=O)Cl)c1Cl. The fraction of sp³-hybridized carbons (Fsp3) is 0. The number of carboxylic acid groups (broad SMARTS) is 1. The highest BCUT2D eigenvalue weighted by Gasteiger charge is 2.27. The molecule has 0 unspecified atom stereocenters. The molecule has 0 radical (unpaired) electrons. The molecule has 9 heteroatoms. The predicted octanol–water partition coefficient (Wildman–Crippen LogP) is 2.76. The number of carbonyl (C=O) groups is 1. The van der Waals surface area contributed by atoms with Gasteiger partial charge < -0.3 is 5.11 Å². The molecule has 0 aliphatic rings. The zero-order valence-corrected chi connectivity index (χ0v) is 10.3. The summed E-state index contributed by atoms with van der Waals surface area (Å²) in [6.07, 6.45) is 0. The summed E-state index contributed by atoms with van der Waals surface area (Å²) in [4.78, 5) is 9.68. The summed E-state index contributed by atoms with van der Waals surface area (Å²) < 4.78 is 35.2. The fourth-order valence-corrected chi connectivity index (χ4v) is 3.32. The van der Waals surface area contributed by atoms with Crippen molar-refractivity contribution in [3.8, 4) is 0 Å². The highest BCUT2D eigenvalue weighted by Crippen LogP contribution is 2.36. The van der Waals surface area contributed by atoms with E-state index in [1.807, 2.05) is 0 Å². The largest absolute Gasteiger partial charge is 0.478 e. The quantitative estimate of drug-likeness (QED) is 0.673. The predicted molar refractivity (Wildman–Crippen MR) is 56.4 cm³/mol. The molecule has 0 bridgehead atoms. The molecule has 0 atom stereocenters. The molecular weight excluding hydrogens is 305 g/mol. The first-order valence-corrected chi connectivity index (χ1v) is 6.58. The summed E-state index contributed by atoms with van der Waals surface area (Å²) in [5, 5.41) is 7.07. The Hall–Kier alpha value is -0.560. The van der Waals surface area contributed by atoms with Crippen LogP contribution < -0.4 is 0 Å². The van der Waals surface area contributed by atoms with Crippen molar-refractivity contribution in [3.05, 3.63) is 27.5 Å². The third-order valence-electron chi connectivity index (χ3n) is 1.59. The van der Waals surface area contributed by atoms with E-state index in [-0.39, 0.29) is 0 Å². The van der Waals surface area contributed by atoms with Gasteiger partial charge in [-0.1, -0.05) is 23.2 Å². The van der Waals surface area contributed by atoms with Gasteiger partial charge in [0.25, 0.3) is 9.05 Å². The molecule has 16 heavy (non-hydrogen) atoms. The summed E-state index contributed by atoms with van der Waals surface area (Å²) in [5.41, 5.74) is -0.734. The van der Waals surface area contributed by atoms with Gasteiger partial charge in [0, 0.05) is 10.7 Å². The van der Waals surface area contributed by atoms with Crippen LogP contribution in [0.25, 0.3) is 0 Å². The molecule has 0 saturated heterocycles. The Balaban J connectivity index is 3.80. The lowest BCUT2D eigenvalue weighted by Crippen LogP contribution is -2.04. The van der Waals surface area contributed by atoms with Crippen LogP contribution in [-0.4, -0.2) is 19.5 Å². The number of hydrogen-bond donors (Lipinski definition) is 1. The molecule has 1 N–H and O–H groups in total. The Morgan fingerprint density at radius 1 is 1.31 bits per heavy atom.